The number of carbonyl (C=O) groups is 1. The molecule has 4 nitrogen and oxygen atoms in total. The third-order valence-corrected chi connectivity index (χ3v) is 5.53. The molecule has 156 valence electrons. The minimum absolute atomic E-state index is 0.0324. The zero-order chi connectivity index (χ0) is 20.9. The molecule has 7 heteroatoms. The second-order valence-electron chi connectivity index (χ2n) is 7.46. The van der Waals surface area contributed by atoms with Gasteiger partial charge in [0.15, 0.2) is 0 Å². The van der Waals surface area contributed by atoms with Gasteiger partial charge in [-0.2, -0.15) is 13.2 Å². The van der Waals surface area contributed by atoms with Gasteiger partial charge >= 0.3 is 12.1 Å². The lowest BCUT2D eigenvalue weighted by Crippen LogP contribution is -2.46. The van der Waals surface area contributed by atoms with E-state index in [0.29, 0.717) is 25.9 Å². The van der Waals surface area contributed by atoms with E-state index in [1.807, 2.05) is 12.1 Å². The molecule has 0 spiro atoms. The maximum Gasteiger partial charge on any atom is 0.416 e. The standard InChI is InChI=1S/C22H25F3N2O2/c1-2-29-20(28)21(15-18-5-3-4-6-19(18)22(23,24)25)9-13-27(14-10-21)16-17-7-11-26-12-8-17/h3-8,11-12H,2,9-10,13-16H2,1H3. The van der Waals surface area contributed by atoms with E-state index in [0.717, 1.165) is 18.2 Å². The molecular weight excluding hydrogens is 381 g/mol. The molecule has 2 aromatic rings. The zero-order valence-electron chi connectivity index (χ0n) is 16.4. The number of rotatable bonds is 6. The average molecular weight is 406 g/mol. The Labute approximate surface area is 168 Å². The number of alkyl halides is 3. The van der Waals surface area contributed by atoms with Crippen LogP contribution in [0.2, 0.25) is 0 Å². The maximum atomic E-state index is 13.5. The molecule has 0 aliphatic carbocycles. The molecule has 1 saturated heterocycles. The molecule has 1 fully saturated rings. The molecule has 0 atom stereocenters. The first-order valence-corrected chi connectivity index (χ1v) is 9.78. The Balaban J connectivity index is 1.79. The average Bonchev–Trinajstić information content (AvgIpc) is 2.70. The van der Waals surface area contributed by atoms with Crippen LogP contribution < -0.4 is 0 Å². The fraction of sp³-hybridized carbons (Fsp3) is 0.455. The summed E-state index contributed by atoms with van der Waals surface area (Å²) in [6, 6.07) is 9.38. The van der Waals surface area contributed by atoms with E-state index < -0.39 is 23.1 Å². The highest BCUT2D eigenvalue weighted by Gasteiger charge is 2.44. The Hall–Kier alpha value is -2.41. The zero-order valence-corrected chi connectivity index (χ0v) is 16.4. The number of carbonyl (C=O) groups excluding carboxylic acids is 1. The fourth-order valence-corrected chi connectivity index (χ4v) is 3.94. The molecule has 1 aliphatic rings. The van der Waals surface area contributed by atoms with Crippen molar-refractivity contribution in [1.29, 1.82) is 0 Å². The highest BCUT2D eigenvalue weighted by Crippen LogP contribution is 2.40. The van der Waals surface area contributed by atoms with Gasteiger partial charge in [-0.3, -0.25) is 14.7 Å². The van der Waals surface area contributed by atoms with Gasteiger partial charge in [-0.25, -0.2) is 0 Å². The lowest BCUT2D eigenvalue weighted by molar-refractivity contribution is -0.159. The van der Waals surface area contributed by atoms with E-state index in [-0.39, 0.29) is 18.6 Å². The monoisotopic (exact) mass is 406 g/mol. The molecule has 0 bridgehead atoms. The molecular formula is C22H25F3N2O2. The molecule has 3 rings (SSSR count). The molecule has 1 aliphatic heterocycles. The van der Waals surface area contributed by atoms with Gasteiger partial charge < -0.3 is 4.74 Å². The van der Waals surface area contributed by atoms with Crippen LogP contribution in [0.5, 0.6) is 0 Å². The lowest BCUT2D eigenvalue weighted by Gasteiger charge is -2.40. The summed E-state index contributed by atoms with van der Waals surface area (Å²) in [6.07, 6.45) is -0.0299. The highest BCUT2D eigenvalue weighted by molar-refractivity contribution is 5.77. The number of hydrogen-bond acceptors (Lipinski definition) is 4. The van der Waals surface area contributed by atoms with E-state index >= 15 is 0 Å². The Morgan fingerprint density at radius 3 is 2.41 bits per heavy atom. The van der Waals surface area contributed by atoms with E-state index in [1.165, 1.54) is 12.1 Å². The summed E-state index contributed by atoms with van der Waals surface area (Å²) in [5.41, 5.74) is -0.351. The van der Waals surface area contributed by atoms with Crippen molar-refractivity contribution in [2.75, 3.05) is 19.7 Å². The minimum atomic E-state index is -4.45. The van der Waals surface area contributed by atoms with Crippen molar-refractivity contribution in [3.05, 3.63) is 65.5 Å². The largest absolute Gasteiger partial charge is 0.466 e. The summed E-state index contributed by atoms with van der Waals surface area (Å²) >= 11 is 0. The van der Waals surface area contributed by atoms with Crippen molar-refractivity contribution in [1.82, 2.24) is 9.88 Å². The summed E-state index contributed by atoms with van der Waals surface area (Å²) in [6.45, 7) is 3.89. The van der Waals surface area contributed by atoms with E-state index in [2.05, 4.69) is 9.88 Å². The first-order chi connectivity index (χ1) is 13.8. The van der Waals surface area contributed by atoms with Gasteiger partial charge in [-0.1, -0.05) is 18.2 Å². The van der Waals surface area contributed by atoms with Crippen LogP contribution in [0.25, 0.3) is 0 Å². The summed E-state index contributed by atoms with van der Waals surface area (Å²) in [5.74, 6) is -0.402. The van der Waals surface area contributed by atoms with Crippen LogP contribution in [-0.4, -0.2) is 35.5 Å². The number of pyridine rings is 1. The van der Waals surface area contributed by atoms with Gasteiger partial charge in [0.05, 0.1) is 17.6 Å². The van der Waals surface area contributed by atoms with Crippen molar-refractivity contribution in [2.24, 2.45) is 5.41 Å². The quantitative estimate of drug-likeness (QED) is 0.663. The highest BCUT2D eigenvalue weighted by atomic mass is 19.4. The normalized spacial score (nSPS) is 17.1. The summed E-state index contributed by atoms with van der Waals surface area (Å²) in [7, 11) is 0. The molecule has 0 radical (unpaired) electrons. The number of aromatic nitrogens is 1. The number of likely N-dealkylation sites (tertiary alicyclic amines) is 1. The van der Waals surface area contributed by atoms with Crippen molar-refractivity contribution in [2.45, 2.75) is 38.9 Å². The molecule has 2 heterocycles. The summed E-state index contributed by atoms with van der Waals surface area (Å²) < 4.78 is 45.6. The topological polar surface area (TPSA) is 42.4 Å². The molecule has 1 aromatic heterocycles. The first-order valence-electron chi connectivity index (χ1n) is 9.78. The van der Waals surface area contributed by atoms with Gasteiger partial charge in [0.1, 0.15) is 0 Å². The Morgan fingerprint density at radius 2 is 1.79 bits per heavy atom. The third kappa shape index (κ3) is 5.15. The smallest absolute Gasteiger partial charge is 0.416 e. The number of hydrogen-bond donors (Lipinski definition) is 0. The number of piperidine rings is 1. The van der Waals surface area contributed by atoms with Gasteiger partial charge in [0.2, 0.25) is 0 Å². The summed E-state index contributed by atoms with van der Waals surface area (Å²) in [4.78, 5) is 19.0. The Kier molecular flexibility index (Phi) is 6.57. The van der Waals surface area contributed by atoms with E-state index in [4.69, 9.17) is 4.74 Å². The molecule has 1 aromatic carbocycles. The van der Waals surface area contributed by atoms with Crippen LogP contribution in [0.4, 0.5) is 13.2 Å². The summed E-state index contributed by atoms with van der Waals surface area (Å²) in [5, 5.41) is 0. The number of esters is 1. The molecule has 0 saturated carbocycles. The Bertz CT molecular complexity index is 816. The second kappa shape index (κ2) is 8.95. The van der Waals surface area contributed by atoms with Crippen molar-refractivity contribution < 1.29 is 22.7 Å². The van der Waals surface area contributed by atoms with Crippen LogP contribution in [0.1, 0.15) is 36.5 Å². The number of ether oxygens (including phenoxy) is 1. The van der Waals surface area contributed by atoms with Crippen LogP contribution in [0.15, 0.2) is 48.8 Å². The van der Waals surface area contributed by atoms with Gasteiger partial charge in [-0.15, -0.1) is 0 Å². The third-order valence-electron chi connectivity index (χ3n) is 5.53. The minimum Gasteiger partial charge on any atom is -0.466 e. The van der Waals surface area contributed by atoms with Crippen molar-refractivity contribution in [3.63, 3.8) is 0 Å². The molecule has 0 unspecified atom stereocenters. The second-order valence-corrected chi connectivity index (χ2v) is 7.46. The predicted octanol–water partition coefficient (Wildman–Crippen LogP) is 4.49. The van der Waals surface area contributed by atoms with Crippen molar-refractivity contribution >= 4 is 5.97 Å². The Morgan fingerprint density at radius 1 is 1.14 bits per heavy atom. The van der Waals surface area contributed by atoms with E-state index in [9.17, 15) is 18.0 Å². The van der Waals surface area contributed by atoms with E-state index in [1.54, 1.807) is 25.4 Å². The SMILES string of the molecule is CCOC(=O)C1(Cc2ccccc2C(F)(F)F)CCN(Cc2ccncc2)CC1. The number of halogens is 3. The van der Waals surface area contributed by atoms with Gasteiger partial charge in [-0.05, 0) is 68.6 Å². The molecule has 0 amide bonds. The number of nitrogens with zero attached hydrogens (tertiary/aromatic N) is 2. The maximum absolute atomic E-state index is 13.5. The van der Waals surface area contributed by atoms with Gasteiger partial charge in [0.25, 0.3) is 0 Å². The van der Waals surface area contributed by atoms with Crippen LogP contribution >= 0.6 is 0 Å². The molecule has 29 heavy (non-hydrogen) atoms. The molecule has 0 N–H and O–H groups in total. The fourth-order valence-electron chi connectivity index (χ4n) is 3.94. The van der Waals surface area contributed by atoms with Crippen LogP contribution in [0, 0.1) is 5.41 Å². The van der Waals surface area contributed by atoms with Gasteiger partial charge in [0, 0.05) is 18.9 Å². The van der Waals surface area contributed by atoms with Crippen LogP contribution in [0.3, 0.4) is 0 Å². The van der Waals surface area contributed by atoms with Crippen molar-refractivity contribution in [3.8, 4) is 0 Å². The lowest BCUT2D eigenvalue weighted by atomic mass is 9.73. The predicted molar refractivity (Wildman–Crippen MR) is 103 cm³/mol. The number of benzene rings is 1. The van der Waals surface area contributed by atoms with Crippen LogP contribution in [-0.2, 0) is 28.7 Å². The first kappa shape index (κ1) is 21.3.